The maximum atomic E-state index is 13.2. The van der Waals surface area contributed by atoms with Crippen molar-refractivity contribution < 1.29 is 14.7 Å². The highest BCUT2D eigenvalue weighted by molar-refractivity contribution is 5.90. The van der Waals surface area contributed by atoms with E-state index in [1.54, 1.807) is 17.3 Å². The molecule has 3 fully saturated rings. The van der Waals surface area contributed by atoms with Gasteiger partial charge >= 0.3 is 5.97 Å². The zero-order chi connectivity index (χ0) is 17.8. The standard InChI is InChI=1S/C18H24N4O3/c1-18(2)12-8-22(15(14(12)18)17(24)25)16(23)13(5-10-3-4-10)21-11-6-19-9-20-7-11/h6-7,9-10,12-15,21H,3-5,8H2,1-2H3,(H,24,25)/t12-,13-,14-,15-/m0/s1. The van der Waals surface area contributed by atoms with Crippen LogP contribution in [0.3, 0.4) is 0 Å². The number of hydrogen-bond acceptors (Lipinski definition) is 5. The number of rotatable bonds is 6. The molecule has 1 amide bonds. The molecule has 1 aromatic heterocycles. The van der Waals surface area contributed by atoms with Crippen molar-refractivity contribution in [2.45, 2.75) is 45.2 Å². The number of amides is 1. The van der Waals surface area contributed by atoms with Gasteiger partial charge in [-0.15, -0.1) is 0 Å². The molecule has 0 spiro atoms. The van der Waals surface area contributed by atoms with E-state index in [0.717, 1.165) is 19.3 Å². The van der Waals surface area contributed by atoms with Gasteiger partial charge in [0.2, 0.25) is 5.91 Å². The van der Waals surface area contributed by atoms with Gasteiger partial charge in [0, 0.05) is 12.5 Å². The van der Waals surface area contributed by atoms with Gasteiger partial charge in [0.05, 0.1) is 18.1 Å². The number of carbonyl (C=O) groups excluding carboxylic acids is 1. The molecule has 1 aromatic rings. The largest absolute Gasteiger partial charge is 0.480 e. The number of aliphatic carboxylic acids is 1. The lowest BCUT2D eigenvalue weighted by Crippen LogP contribution is -2.51. The van der Waals surface area contributed by atoms with Crippen LogP contribution < -0.4 is 5.32 Å². The number of nitrogens with one attached hydrogen (secondary N) is 1. The van der Waals surface area contributed by atoms with Crippen molar-refractivity contribution in [3.05, 3.63) is 18.7 Å². The Labute approximate surface area is 146 Å². The first-order valence-corrected chi connectivity index (χ1v) is 8.94. The Balaban J connectivity index is 1.53. The molecule has 0 radical (unpaired) electrons. The van der Waals surface area contributed by atoms with Crippen molar-refractivity contribution >= 4 is 17.6 Å². The minimum atomic E-state index is -0.889. The SMILES string of the molecule is CC1(C)[C@@H]2[C@@H](C(=O)O)N(C(=O)[C@H](CC3CC3)Nc3cncnc3)C[C@@H]21. The molecule has 3 aliphatic rings. The predicted octanol–water partition coefficient (Wildman–Crippen LogP) is 1.62. The first-order valence-electron chi connectivity index (χ1n) is 8.94. The molecule has 2 saturated carbocycles. The Hall–Kier alpha value is -2.18. The van der Waals surface area contributed by atoms with Crippen LogP contribution in [0, 0.1) is 23.2 Å². The minimum Gasteiger partial charge on any atom is -0.480 e. The molecule has 134 valence electrons. The van der Waals surface area contributed by atoms with Gasteiger partial charge in [0.25, 0.3) is 0 Å². The molecule has 2 heterocycles. The molecule has 7 heteroatoms. The molecule has 1 aliphatic heterocycles. The summed E-state index contributed by atoms with van der Waals surface area (Å²) in [5, 5.41) is 12.9. The topological polar surface area (TPSA) is 95.4 Å². The summed E-state index contributed by atoms with van der Waals surface area (Å²) >= 11 is 0. The Morgan fingerprint density at radius 2 is 2.04 bits per heavy atom. The van der Waals surface area contributed by atoms with Crippen molar-refractivity contribution in [2.75, 3.05) is 11.9 Å². The Morgan fingerprint density at radius 3 is 2.64 bits per heavy atom. The lowest BCUT2D eigenvalue weighted by Gasteiger charge is -2.32. The van der Waals surface area contributed by atoms with Gasteiger partial charge in [0.1, 0.15) is 18.4 Å². The molecule has 25 heavy (non-hydrogen) atoms. The van der Waals surface area contributed by atoms with Gasteiger partial charge in [-0.1, -0.05) is 26.7 Å². The summed E-state index contributed by atoms with van der Waals surface area (Å²) in [6, 6.07) is -1.12. The lowest BCUT2D eigenvalue weighted by molar-refractivity contribution is -0.150. The quantitative estimate of drug-likeness (QED) is 0.814. The van der Waals surface area contributed by atoms with Crippen LogP contribution in [0.4, 0.5) is 5.69 Å². The zero-order valence-corrected chi connectivity index (χ0v) is 14.6. The molecule has 0 unspecified atom stereocenters. The van der Waals surface area contributed by atoms with Crippen LogP contribution in [-0.2, 0) is 9.59 Å². The molecule has 4 rings (SSSR count). The third-order valence-corrected chi connectivity index (χ3v) is 6.21. The predicted molar refractivity (Wildman–Crippen MR) is 90.7 cm³/mol. The van der Waals surface area contributed by atoms with E-state index in [1.165, 1.54) is 6.33 Å². The van der Waals surface area contributed by atoms with Crippen LogP contribution in [0.25, 0.3) is 0 Å². The van der Waals surface area contributed by atoms with E-state index in [2.05, 4.69) is 29.1 Å². The second-order valence-electron chi connectivity index (χ2n) is 8.23. The van der Waals surface area contributed by atoms with Crippen molar-refractivity contribution in [3.8, 4) is 0 Å². The van der Waals surface area contributed by atoms with Gasteiger partial charge in [0.15, 0.2) is 0 Å². The number of anilines is 1. The molecule has 2 aliphatic carbocycles. The molecule has 4 atom stereocenters. The maximum absolute atomic E-state index is 13.2. The fraction of sp³-hybridized carbons (Fsp3) is 0.667. The number of carbonyl (C=O) groups is 2. The Kier molecular flexibility index (Phi) is 3.70. The van der Waals surface area contributed by atoms with Crippen LogP contribution in [-0.4, -0.2) is 50.5 Å². The highest BCUT2D eigenvalue weighted by atomic mass is 16.4. The summed E-state index contributed by atoms with van der Waals surface area (Å²) < 4.78 is 0. The lowest BCUT2D eigenvalue weighted by atomic mass is 9.99. The first-order chi connectivity index (χ1) is 11.9. The monoisotopic (exact) mass is 344 g/mol. The molecule has 0 bridgehead atoms. The molecular weight excluding hydrogens is 320 g/mol. The van der Waals surface area contributed by atoms with E-state index in [-0.39, 0.29) is 17.2 Å². The van der Waals surface area contributed by atoms with Gasteiger partial charge in [-0.25, -0.2) is 14.8 Å². The maximum Gasteiger partial charge on any atom is 0.326 e. The summed E-state index contributed by atoms with van der Waals surface area (Å²) in [6.07, 6.45) is 7.72. The molecular formula is C18H24N4O3. The fourth-order valence-corrected chi connectivity index (χ4v) is 4.48. The first kappa shape index (κ1) is 16.3. The third-order valence-electron chi connectivity index (χ3n) is 6.21. The van der Waals surface area contributed by atoms with Crippen molar-refractivity contribution in [1.29, 1.82) is 0 Å². The van der Waals surface area contributed by atoms with Crippen molar-refractivity contribution in [1.82, 2.24) is 14.9 Å². The highest BCUT2D eigenvalue weighted by Gasteiger charge is 2.69. The van der Waals surface area contributed by atoms with E-state index < -0.39 is 18.1 Å². The van der Waals surface area contributed by atoms with Crippen LogP contribution in [0.15, 0.2) is 18.7 Å². The van der Waals surface area contributed by atoms with Crippen LogP contribution in [0.1, 0.15) is 33.1 Å². The fourth-order valence-electron chi connectivity index (χ4n) is 4.48. The van der Waals surface area contributed by atoms with Crippen LogP contribution in [0.2, 0.25) is 0 Å². The average molecular weight is 344 g/mol. The summed E-state index contributed by atoms with van der Waals surface area (Å²) in [5.41, 5.74) is 0.713. The summed E-state index contributed by atoms with van der Waals surface area (Å²) in [7, 11) is 0. The number of nitrogens with zero attached hydrogens (tertiary/aromatic N) is 3. The number of carboxylic acid groups (broad SMARTS) is 1. The van der Waals surface area contributed by atoms with Crippen molar-refractivity contribution in [3.63, 3.8) is 0 Å². The number of fused-ring (bicyclic) bond motifs is 1. The Morgan fingerprint density at radius 1 is 1.36 bits per heavy atom. The highest BCUT2D eigenvalue weighted by Crippen LogP contribution is 2.64. The van der Waals surface area contributed by atoms with E-state index in [9.17, 15) is 14.7 Å². The normalized spacial score (nSPS) is 30.5. The van der Waals surface area contributed by atoms with E-state index in [4.69, 9.17) is 0 Å². The smallest absolute Gasteiger partial charge is 0.326 e. The molecule has 1 saturated heterocycles. The van der Waals surface area contributed by atoms with Gasteiger partial charge in [-0.2, -0.15) is 0 Å². The number of hydrogen-bond donors (Lipinski definition) is 2. The second-order valence-corrected chi connectivity index (χ2v) is 8.23. The van der Waals surface area contributed by atoms with E-state index in [1.807, 2.05) is 0 Å². The van der Waals surface area contributed by atoms with E-state index in [0.29, 0.717) is 24.1 Å². The van der Waals surface area contributed by atoms with Gasteiger partial charge < -0.3 is 15.3 Å². The number of likely N-dealkylation sites (tertiary alicyclic amines) is 1. The number of aromatic nitrogens is 2. The number of piperidine rings is 1. The van der Waals surface area contributed by atoms with Crippen LogP contribution in [0.5, 0.6) is 0 Å². The van der Waals surface area contributed by atoms with Crippen molar-refractivity contribution in [2.24, 2.45) is 23.2 Å². The summed E-state index contributed by atoms with van der Waals surface area (Å²) in [5.74, 6) is -0.0940. The summed E-state index contributed by atoms with van der Waals surface area (Å²) in [6.45, 7) is 4.74. The minimum absolute atomic E-state index is 0.0204. The Bertz CT molecular complexity index is 689. The van der Waals surface area contributed by atoms with Gasteiger partial charge in [-0.3, -0.25) is 4.79 Å². The third kappa shape index (κ3) is 2.85. The summed E-state index contributed by atoms with van der Waals surface area (Å²) in [4.78, 5) is 34.5. The average Bonchev–Trinajstić information content (AvgIpc) is 3.42. The number of carboxylic acids is 1. The van der Waals surface area contributed by atoms with E-state index >= 15 is 0 Å². The molecule has 2 N–H and O–H groups in total. The zero-order valence-electron chi connectivity index (χ0n) is 14.6. The van der Waals surface area contributed by atoms with Gasteiger partial charge in [-0.05, 0) is 23.7 Å². The molecule has 0 aromatic carbocycles. The van der Waals surface area contributed by atoms with Crippen LogP contribution >= 0.6 is 0 Å². The second kappa shape index (κ2) is 5.68. The molecule has 7 nitrogen and oxygen atoms in total.